The molecular formula is C13H21N3O. The fourth-order valence-corrected chi connectivity index (χ4v) is 3.30. The van der Waals surface area contributed by atoms with E-state index in [9.17, 15) is 0 Å². The average molecular weight is 235 g/mol. The summed E-state index contributed by atoms with van der Waals surface area (Å²) >= 11 is 0. The highest BCUT2D eigenvalue weighted by Crippen LogP contribution is 2.43. The largest absolute Gasteiger partial charge is 0.338 e. The highest BCUT2D eigenvalue weighted by Gasteiger charge is 2.42. The highest BCUT2D eigenvalue weighted by molar-refractivity contribution is 5.03. The van der Waals surface area contributed by atoms with Gasteiger partial charge in [0.15, 0.2) is 5.82 Å². The van der Waals surface area contributed by atoms with Crippen molar-refractivity contribution in [1.82, 2.24) is 15.5 Å². The summed E-state index contributed by atoms with van der Waals surface area (Å²) in [6.07, 6.45) is 4.94. The molecule has 3 rings (SSSR count). The molecule has 3 atom stereocenters. The third-order valence-electron chi connectivity index (χ3n) is 4.09. The molecule has 2 aliphatic rings. The van der Waals surface area contributed by atoms with Gasteiger partial charge in [0.25, 0.3) is 0 Å². The van der Waals surface area contributed by atoms with Gasteiger partial charge < -0.3 is 9.84 Å². The van der Waals surface area contributed by atoms with Crippen LogP contribution in [0.15, 0.2) is 4.52 Å². The van der Waals surface area contributed by atoms with Gasteiger partial charge in [-0.3, -0.25) is 0 Å². The molecule has 1 aliphatic heterocycles. The minimum atomic E-state index is 0.316. The Morgan fingerprint density at radius 3 is 3.12 bits per heavy atom. The summed E-state index contributed by atoms with van der Waals surface area (Å²) in [5.74, 6) is 3.81. The molecule has 17 heavy (non-hydrogen) atoms. The Hall–Kier alpha value is -0.900. The summed E-state index contributed by atoms with van der Waals surface area (Å²) in [5, 5.41) is 7.63. The van der Waals surface area contributed by atoms with Gasteiger partial charge in [0, 0.05) is 6.42 Å². The number of aromatic nitrogens is 2. The zero-order chi connectivity index (χ0) is 11.8. The van der Waals surface area contributed by atoms with E-state index in [2.05, 4.69) is 29.3 Å². The standard InChI is InChI=1S/C13H21N3O/c1-8(2)6-11-15-13(17-16-11)12-10-5-3-4-9(10)7-14-12/h8-10,12,14H,3-7H2,1-2H3. The fraction of sp³-hybridized carbons (Fsp3) is 0.846. The smallest absolute Gasteiger partial charge is 0.244 e. The maximum atomic E-state index is 5.43. The number of nitrogens with zero attached hydrogens (tertiary/aromatic N) is 2. The number of fused-ring (bicyclic) bond motifs is 1. The minimum absolute atomic E-state index is 0.316. The van der Waals surface area contributed by atoms with E-state index in [4.69, 9.17) is 4.52 Å². The molecule has 0 radical (unpaired) electrons. The second kappa shape index (κ2) is 4.41. The van der Waals surface area contributed by atoms with Crippen molar-refractivity contribution in [2.45, 2.75) is 45.6 Å². The zero-order valence-corrected chi connectivity index (χ0v) is 10.6. The SMILES string of the molecule is CC(C)Cc1noc(C2NCC3CCCC32)n1. The van der Waals surface area contributed by atoms with Crippen LogP contribution in [0.5, 0.6) is 0 Å². The lowest BCUT2D eigenvalue weighted by molar-refractivity contribution is 0.300. The van der Waals surface area contributed by atoms with Crippen LogP contribution >= 0.6 is 0 Å². The molecule has 1 aromatic heterocycles. The van der Waals surface area contributed by atoms with Crippen LogP contribution in [0.25, 0.3) is 0 Å². The lowest BCUT2D eigenvalue weighted by atomic mass is 9.94. The van der Waals surface area contributed by atoms with Crippen LogP contribution in [0.4, 0.5) is 0 Å². The molecule has 1 aromatic rings. The minimum Gasteiger partial charge on any atom is -0.338 e. The molecule has 0 spiro atoms. The Labute approximate surface area is 102 Å². The van der Waals surface area contributed by atoms with E-state index in [1.165, 1.54) is 19.3 Å². The first-order chi connectivity index (χ1) is 8.24. The summed E-state index contributed by atoms with van der Waals surface area (Å²) in [6, 6.07) is 0.316. The molecule has 2 heterocycles. The van der Waals surface area contributed by atoms with Crippen molar-refractivity contribution in [3.8, 4) is 0 Å². The van der Waals surface area contributed by atoms with Gasteiger partial charge in [-0.05, 0) is 37.1 Å². The number of hydrogen-bond acceptors (Lipinski definition) is 4. The van der Waals surface area contributed by atoms with Gasteiger partial charge in [0.2, 0.25) is 5.89 Å². The van der Waals surface area contributed by atoms with Gasteiger partial charge in [0.1, 0.15) is 0 Å². The molecule has 1 aliphatic carbocycles. The first-order valence-electron chi connectivity index (χ1n) is 6.80. The molecule has 3 unspecified atom stereocenters. The Balaban J connectivity index is 1.73. The van der Waals surface area contributed by atoms with E-state index in [0.717, 1.165) is 36.5 Å². The molecular weight excluding hydrogens is 214 g/mol. The van der Waals surface area contributed by atoms with Gasteiger partial charge in [-0.2, -0.15) is 4.98 Å². The molecule has 94 valence electrons. The molecule has 4 nitrogen and oxygen atoms in total. The zero-order valence-electron chi connectivity index (χ0n) is 10.6. The van der Waals surface area contributed by atoms with Crippen LogP contribution in [0.1, 0.15) is 50.9 Å². The summed E-state index contributed by atoms with van der Waals surface area (Å²) in [7, 11) is 0. The molecule has 1 N–H and O–H groups in total. The van der Waals surface area contributed by atoms with Crippen molar-refractivity contribution < 1.29 is 4.52 Å². The molecule has 4 heteroatoms. The predicted molar refractivity (Wildman–Crippen MR) is 64.4 cm³/mol. The van der Waals surface area contributed by atoms with Crippen molar-refractivity contribution in [3.63, 3.8) is 0 Å². The lowest BCUT2D eigenvalue weighted by Crippen LogP contribution is -2.18. The first kappa shape index (κ1) is 11.2. The van der Waals surface area contributed by atoms with Crippen LogP contribution in [0.3, 0.4) is 0 Å². The summed E-state index contributed by atoms with van der Waals surface area (Å²) in [6.45, 7) is 5.48. The number of rotatable bonds is 3. The monoisotopic (exact) mass is 235 g/mol. The van der Waals surface area contributed by atoms with Crippen LogP contribution < -0.4 is 5.32 Å². The summed E-state index contributed by atoms with van der Waals surface area (Å²) in [5.41, 5.74) is 0. The van der Waals surface area contributed by atoms with Crippen LogP contribution in [-0.2, 0) is 6.42 Å². The molecule has 0 amide bonds. The number of nitrogens with one attached hydrogen (secondary N) is 1. The quantitative estimate of drug-likeness (QED) is 0.873. The van der Waals surface area contributed by atoms with E-state index in [0.29, 0.717) is 12.0 Å². The van der Waals surface area contributed by atoms with Crippen molar-refractivity contribution in [3.05, 3.63) is 11.7 Å². The van der Waals surface area contributed by atoms with Crippen LogP contribution in [0, 0.1) is 17.8 Å². The maximum Gasteiger partial charge on any atom is 0.244 e. The van der Waals surface area contributed by atoms with Crippen molar-refractivity contribution in [1.29, 1.82) is 0 Å². The van der Waals surface area contributed by atoms with Gasteiger partial charge in [-0.15, -0.1) is 0 Å². The van der Waals surface area contributed by atoms with Crippen molar-refractivity contribution >= 4 is 0 Å². The fourth-order valence-electron chi connectivity index (χ4n) is 3.30. The molecule has 0 aromatic carbocycles. The van der Waals surface area contributed by atoms with Crippen molar-refractivity contribution in [2.75, 3.05) is 6.54 Å². The van der Waals surface area contributed by atoms with E-state index in [-0.39, 0.29) is 0 Å². The van der Waals surface area contributed by atoms with E-state index < -0.39 is 0 Å². The third-order valence-corrected chi connectivity index (χ3v) is 4.09. The predicted octanol–water partition coefficient (Wildman–Crippen LogP) is 2.33. The first-order valence-corrected chi connectivity index (χ1v) is 6.80. The maximum absolute atomic E-state index is 5.43. The summed E-state index contributed by atoms with van der Waals surface area (Å²) in [4.78, 5) is 4.55. The molecule has 2 fully saturated rings. The van der Waals surface area contributed by atoms with Gasteiger partial charge >= 0.3 is 0 Å². The third kappa shape index (κ3) is 2.10. The van der Waals surface area contributed by atoms with Gasteiger partial charge in [0.05, 0.1) is 6.04 Å². The van der Waals surface area contributed by atoms with E-state index in [1.54, 1.807) is 0 Å². The Morgan fingerprint density at radius 1 is 1.41 bits per heavy atom. The van der Waals surface area contributed by atoms with Gasteiger partial charge in [-0.1, -0.05) is 25.4 Å². The molecule has 0 bridgehead atoms. The molecule has 1 saturated carbocycles. The van der Waals surface area contributed by atoms with E-state index >= 15 is 0 Å². The topological polar surface area (TPSA) is 51.0 Å². The van der Waals surface area contributed by atoms with E-state index in [1.807, 2.05) is 0 Å². The van der Waals surface area contributed by atoms with Gasteiger partial charge in [-0.25, -0.2) is 0 Å². The van der Waals surface area contributed by atoms with Crippen molar-refractivity contribution in [2.24, 2.45) is 17.8 Å². The second-order valence-electron chi connectivity index (χ2n) is 5.89. The summed E-state index contributed by atoms with van der Waals surface area (Å²) < 4.78 is 5.43. The normalized spacial score (nSPS) is 32.3. The second-order valence-corrected chi connectivity index (χ2v) is 5.89. The van der Waals surface area contributed by atoms with Crippen LogP contribution in [-0.4, -0.2) is 16.7 Å². The molecule has 1 saturated heterocycles. The average Bonchev–Trinajstić information content (AvgIpc) is 2.89. The number of hydrogen-bond donors (Lipinski definition) is 1. The Morgan fingerprint density at radius 2 is 2.29 bits per heavy atom. The Bertz CT molecular complexity index is 388. The lowest BCUT2D eigenvalue weighted by Gasteiger charge is -2.13. The highest BCUT2D eigenvalue weighted by atomic mass is 16.5. The van der Waals surface area contributed by atoms with Crippen LogP contribution in [0.2, 0.25) is 0 Å². The Kier molecular flexibility index (Phi) is 2.90.